The van der Waals surface area contributed by atoms with Crippen molar-refractivity contribution in [1.82, 2.24) is 0 Å². The highest BCUT2D eigenvalue weighted by molar-refractivity contribution is 6.07. The van der Waals surface area contributed by atoms with E-state index in [0.717, 1.165) is 0 Å². The van der Waals surface area contributed by atoms with Gasteiger partial charge in [0.2, 0.25) is 0 Å². The maximum absolute atomic E-state index is 2.38. The molecule has 0 saturated carbocycles. The van der Waals surface area contributed by atoms with E-state index >= 15 is 0 Å². The Morgan fingerprint density at radius 3 is 0.250 bits per heavy atom. The second-order valence-corrected chi connectivity index (χ2v) is 28.4. The van der Waals surface area contributed by atoms with Gasteiger partial charge in [0.05, 0.1) is 0 Å². The van der Waals surface area contributed by atoms with Gasteiger partial charge in [-0.1, -0.05) is 252 Å². The number of benzene rings is 12. The van der Waals surface area contributed by atoms with E-state index in [4.69, 9.17) is 0 Å². The highest BCUT2D eigenvalue weighted by Crippen LogP contribution is 2.44. The van der Waals surface area contributed by atoms with E-state index < -0.39 is 0 Å². The summed E-state index contributed by atoms with van der Waals surface area (Å²) in [6.45, 7) is 40.7. The van der Waals surface area contributed by atoms with E-state index in [1.165, 1.54) is 232 Å². The summed E-state index contributed by atoms with van der Waals surface area (Å²) in [5.74, 6) is 0. The fourth-order valence-corrected chi connectivity index (χ4v) is 17.0. The van der Waals surface area contributed by atoms with Gasteiger partial charge in [0, 0.05) is 0 Å². The summed E-state index contributed by atoms with van der Waals surface area (Å²) in [5, 5.41) is 14.2. The molecule has 0 radical (unpaired) electrons. The van der Waals surface area contributed by atoms with Gasteiger partial charge in [-0.3, -0.25) is 0 Å². The Labute approximate surface area is 571 Å². The van der Waals surface area contributed by atoms with E-state index in [1.54, 1.807) is 0 Å². The molecule has 22 rings (SSSR count). The largest absolute Gasteiger partial charge is 0.0557 e. The third-order valence-electron chi connectivity index (χ3n) is 20.3. The van der Waals surface area contributed by atoms with Gasteiger partial charge in [0.25, 0.3) is 0 Å². The fourth-order valence-electron chi connectivity index (χ4n) is 17.0. The van der Waals surface area contributed by atoms with Gasteiger partial charge < -0.3 is 0 Å². The molecule has 0 heterocycles. The van der Waals surface area contributed by atoms with Crippen LogP contribution in [-0.2, 0) is 0 Å². The smallest absolute Gasteiger partial charge is 0.00335 e. The molecule has 0 spiro atoms. The zero-order valence-corrected chi connectivity index (χ0v) is 59.8. The average molecular weight is 1240 g/mol. The topological polar surface area (TPSA) is 0 Å². The highest BCUT2D eigenvalue weighted by atomic mass is 14.2. The Bertz CT molecular complexity index is 4320. The Morgan fingerprint density at radius 2 is 0.177 bits per heavy atom. The summed E-state index contributed by atoms with van der Waals surface area (Å²) in [5.41, 5.74) is 37.9. The molecule has 0 saturated heterocycles. The summed E-state index contributed by atoms with van der Waals surface area (Å²) >= 11 is 0. The lowest BCUT2D eigenvalue weighted by Gasteiger charge is -2.17. The molecule has 0 atom stereocenters. The SMILES string of the molecule is Cc1cc(C)c(-c2c3ccc(cc3)c(-c3c(C)cc(C)cc3C)c3ccc(cc3)c(-c3c(C)cc(C)cc3C)c3ccc(cc3)c(-c3c(C)cc(C)cc3C)c3ccc(cc3)c(-c3c(C)cc(C)cc3C)c3ccc(cc3)c(-c3c(C)cc(C)cc3C)c3ccc2cc3)c(C)c1. The van der Waals surface area contributed by atoms with Crippen LogP contribution in [0.25, 0.3) is 131 Å². The number of hydrogen-bond donors (Lipinski definition) is 0. The zero-order chi connectivity index (χ0) is 67.7. The van der Waals surface area contributed by atoms with Crippen LogP contribution in [0.2, 0.25) is 0 Å². The first-order valence-corrected chi connectivity index (χ1v) is 34.4. The lowest BCUT2D eigenvalue weighted by molar-refractivity contribution is 1.32. The van der Waals surface area contributed by atoms with Crippen molar-refractivity contribution >= 4 is 64.6 Å². The summed E-state index contributed by atoms with van der Waals surface area (Å²) < 4.78 is 0. The van der Waals surface area contributed by atoms with Crippen molar-refractivity contribution in [2.75, 3.05) is 0 Å². The van der Waals surface area contributed by atoms with Gasteiger partial charge in [-0.15, -0.1) is 0 Å². The van der Waals surface area contributed by atoms with Crippen molar-refractivity contribution in [2.24, 2.45) is 0 Å². The minimum Gasteiger partial charge on any atom is -0.0557 e. The molecule has 0 nitrogen and oxygen atoms in total. The molecule has 0 aromatic heterocycles. The molecule has 96 heavy (non-hydrogen) atoms. The van der Waals surface area contributed by atoms with Crippen LogP contribution in [0.4, 0.5) is 0 Å². The van der Waals surface area contributed by atoms with E-state index in [9.17, 15) is 0 Å². The molecule has 22 aromatic rings. The minimum absolute atomic E-state index is 1.18. The second kappa shape index (κ2) is 25.9. The maximum atomic E-state index is 2.38. The van der Waals surface area contributed by atoms with Crippen LogP contribution in [0.15, 0.2) is 218 Å². The van der Waals surface area contributed by atoms with Crippen molar-refractivity contribution in [2.45, 2.75) is 125 Å². The van der Waals surface area contributed by atoms with Gasteiger partial charge >= 0.3 is 0 Å². The summed E-state index contributed by atoms with van der Waals surface area (Å²) in [6, 6.07) is 85.2. The monoisotopic (exact) mass is 1240 g/mol. The fraction of sp³-hybridized carbons (Fsp3) is 0.188. The molecule has 0 amide bonds. The zero-order valence-electron chi connectivity index (χ0n) is 59.8. The first-order chi connectivity index (χ1) is 46.0. The van der Waals surface area contributed by atoms with Crippen molar-refractivity contribution in [3.8, 4) is 66.8 Å². The van der Waals surface area contributed by atoms with Crippen LogP contribution in [-0.4, -0.2) is 0 Å². The van der Waals surface area contributed by atoms with Crippen molar-refractivity contribution < 1.29 is 0 Å². The number of aryl methyl sites for hydroxylation is 18. The van der Waals surface area contributed by atoms with Gasteiger partial charge in [0.1, 0.15) is 0 Å². The van der Waals surface area contributed by atoms with Crippen LogP contribution in [0.1, 0.15) is 100 Å². The van der Waals surface area contributed by atoms with Gasteiger partial charge in [-0.2, -0.15) is 0 Å². The standard InChI is InChI=1S/C96H90/c1-55-43-61(7)85(62(8)44-55)91-73-19-23-75(24-20-73)92(86-63(9)45-56(2)46-64(86)10)77-27-31-79(32-28-77)94(88-67(13)49-58(4)50-68(88)14)81-35-39-83(40-36-81)96(90-71(17)53-60(6)54-72(90)18)84-41-37-82(38-42-84)95(89-69(15)51-59(5)52-70(89)16)80-33-29-78(30-34-80)93(76-25-21-74(91)22-26-76)87-65(11)47-57(3)48-66(87)12/h19-54H,1-18H3. The number of rotatable bonds is 6. The first-order valence-electron chi connectivity index (χ1n) is 34.4. The second-order valence-electron chi connectivity index (χ2n) is 28.4. The minimum atomic E-state index is 1.18. The van der Waals surface area contributed by atoms with Crippen molar-refractivity contribution in [3.63, 3.8) is 0 Å². The van der Waals surface area contributed by atoms with Gasteiger partial charge in [-0.05, 0) is 323 Å². The van der Waals surface area contributed by atoms with Crippen LogP contribution in [0.3, 0.4) is 0 Å². The van der Waals surface area contributed by atoms with Crippen molar-refractivity contribution in [3.05, 3.63) is 319 Å². The quantitative estimate of drug-likeness (QED) is 0.156. The molecule has 474 valence electrons. The molecule has 0 N–H and O–H groups in total. The molecule has 0 unspecified atom stereocenters. The van der Waals surface area contributed by atoms with Crippen LogP contribution in [0.5, 0.6) is 0 Å². The summed E-state index contributed by atoms with van der Waals surface area (Å²) in [7, 11) is 0. The molecule has 12 bridgehead atoms. The normalized spacial score (nSPS) is 11.4. The maximum Gasteiger partial charge on any atom is -0.00335 e. The molecule has 0 fully saturated rings. The third kappa shape index (κ3) is 12.1. The van der Waals surface area contributed by atoms with E-state index in [0.29, 0.717) is 0 Å². The Morgan fingerprint density at radius 1 is 0.104 bits per heavy atom. The van der Waals surface area contributed by atoms with Crippen LogP contribution >= 0.6 is 0 Å². The molecule has 0 aliphatic carbocycles. The summed E-state index contributed by atoms with van der Waals surface area (Å²) in [6.07, 6.45) is 0. The molecule has 0 aliphatic rings. The van der Waals surface area contributed by atoms with Gasteiger partial charge in [-0.25, -0.2) is 0 Å². The highest BCUT2D eigenvalue weighted by Gasteiger charge is 2.20. The Kier molecular flexibility index (Phi) is 17.4. The summed E-state index contributed by atoms with van der Waals surface area (Å²) in [4.78, 5) is 0. The van der Waals surface area contributed by atoms with Crippen molar-refractivity contribution in [1.29, 1.82) is 0 Å². The number of hydrogen-bond acceptors (Lipinski definition) is 0. The molecule has 0 heteroatoms. The van der Waals surface area contributed by atoms with E-state index in [1.807, 2.05) is 0 Å². The lowest BCUT2D eigenvalue weighted by Crippen LogP contribution is -1.93. The van der Waals surface area contributed by atoms with Crippen LogP contribution < -0.4 is 0 Å². The first kappa shape index (κ1) is 64.6. The Hall–Kier alpha value is -10.1. The van der Waals surface area contributed by atoms with Crippen LogP contribution in [0, 0.1) is 125 Å². The Balaban J connectivity index is 1.21. The molecular weight excluding hydrogens is 1150 g/mol. The molecular formula is C96H90. The predicted molar refractivity (Wildman–Crippen MR) is 422 cm³/mol. The molecule has 0 aliphatic heterocycles. The predicted octanol–water partition coefficient (Wildman–Crippen LogP) is 27.5. The molecule has 22 aromatic carbocycles. The van der Waals surface area contributed by atoms with Gasteiger partial charge in [0.15, 0.2) is 0 Å². The lowest BCUT2D eigenvalue weighted by atomic mass is 9.87. The third-order valence-corrected chi connectivity index (χ3v) is 20.3. The average Bonchev–Trinajstić information content (AvgIpc) is 0.773. The van der Waals surface area contributed by atoms with E-state index in [2.05, 4.69) is 343 Å². The van der Waals surface area contributed by atoms with E-state index in [-0.39, 0.29) is 0 Å².